The molecule has 0 aliphatic carbocycles. The average molecular weight is 338 g/mol. The Hall–Kier alpha value is -2.47. The van der Waals surface area contributed by atoms with E-state index in [2.05, 4.69) is 0 Å². The van der Waals surface area contributed by atoms with Gasteiger partial charge >= 0.3 is 5.97 Å². The molecule has 0 aliphatic rings. The van der Waals surface area contributed by atoms with Gasteiger partial charge in [0.25, 0.3) is 0 Å². The number of benzene rings is 2. The van der Waals surface area contributed by atoms with Crippen LogP contribution in [0.25, 0.3) is 0 Å². The molecule has 2 aromatic carbocycles. The van der Waals surface area contributed by atoms with Gasteiger partial charge in [-0.1, -0.05) is 18.2 Å². The Labute approximate surface area is 139 Å². The number of aromatic carboxylic acids is 1. The Morgan fingerprint density at radius 1 is 1.00 bits per heavy atom. The Kier molecular flexibility index (Phi) is 9.07. The van der Waals surface area contributed by atoms with Gasteiger partial charge in [-0.2, -0.15) is 0 Å². The Morgan fingerprint density at radius 2 is 1.75 bits per heavy atom. The summed E-state index contributed by atoms with van der Waals surface area (Å²) in [7, 11) is 0. The molecule has 0 atom stereocenters. The van der Waals surface area contributed by atoms with Crippen LogP contribution in [0.5, 0.6) is 5.75 Å². The van der Waals surface area contributed by atoms with Gasteiger partial charge in [0.05, 0.1) is 12.2 Å². The second kappa shape index (κ2) is 11.1. The summed E-state index contributed by atoms with van der Waals surface area (Å²) in [6.07, 6.45) is 2.53. The highest BCUT2D eigenvalue weighted by Crippen LogP contribution is 2.15. The van der Waals surface area contributed by atoms with Crippen LogP contribution in [0, 0.1) is 11.6 Å². The lowest BCUT2D eigenvalue weighted by molar-refractivity contribution is 0.0696. The normalized spacial score (nSPS) is 9.79. The lowest BCUT2D eigenvalue weighted by Crippen LogP contribution is -1.99. The van der Waals surface area contributed by atoms with E-state index in [-0.39, 0.29) is 18.0 Å². The summed E-state index contributed by atoms with van der Waals surface area (Å²) >= 11 is 0. The fourth-order valence-corrected chi connectivity index (χ4v) is 1.76. The first kappa shape index (κ1) is 19.6. The molecule has 0 unspecified atom stereocenters. The Balaban J connectivity index is 0.000000254. The van der Waals surface area contributed by atoms with Gasteiger partial charge in [-0.3, -0.25) is 0 Å². The average Bonchev–Trinajstić information content (AvgIpc) is 2.57. The van der Waals surface area contributed by atoms with Crippen molar-refractivity contribution in [1.82, 2.24) is 0 Å². The first-order chi connectivity index (χ1) is 11.5. The molecular weight excluding hydrogens is 318 g/mol. The molecule has 2 rings (SSSR count). The third-order valence-electron chi connectivity index (χ3n) is 2.97. The second-order valence-electron chi connectivity index (χ2n) is 4.88. The number of carbonyl (C=O) groups is 1. The maximum absolute atomic E-state index is 13.0. The van der Waals surface area contributed by atoms with Crippen molar-refractivity contribution in [2.24, 2.45) is 0 Å². The number of aliphatic hydroxyl groups is 1. The number of rotatable bonds is 7. The SMILES string of the molecule is O=C(O)c1cccc(F)c1.OCCCCCOc1ccccc1F. The third-order valence-corrected chi connectivity index (χ3v) is 2.97. The summed E-state index contributed by atoms with van der Waals surface area (Å²) in [6, 6.07) is 11.2. The standard InChI is InChI=1S/C11H15FO2.C7H5FO2/c12-10-6-2-3-7-11(10)14-9-5-1-4-8-13;8-6-3-1-2-5(4-6)7(9)10/h2-3,6-7,13H,1,4-5,8-9H2;1-4H,(H,9,10). The number of aliphatic hydroxyl groups excluding tert-OH is 1. The van der Waals surface area contributed by atoms with Crippen molar-refractivity contribution in [2.75, 3.05) is 13.2 Å². The molecule has 24 heavy (non-hydrogen) atoms. The third kappa shape index (κ3) is 7.69. The van der Waals surface area contributed by atoms with Crippen molar-refractivity contribution >= 4 is 5.97 Å². The van der Waals surface area contributed by atoms with Gasteiger partial charge in [0.1, 0.15) is 5.82 Å². The van der Waals surface area contributed by atoms with E-state index in [1.807, 2.05) is 0 Å². The van der Waals surface area contributed by atoms with Crippen LogP contribution < -0.4 is 4.74 Å². The number of para-hydroxylation sites is 1. The number of halogens is 2. The highest BCUT2D eigenvalue weighted by Gasteiger charge is 2.01. The van der Waals surface area contributed by atoms with Crippen LogP contribution in [-0.2, 0) is 0 Å². The van der Waals surface area contributed by atoms with Crippen LogP contribution in [-0.4, -0.2) is 29.4 Å². The molecule has 0 radical (unpaired) electrons. The fourth-order valence-electron chi connectivity index (χ4n) is 1.76. The first-order valence-corrected chi connectivity index (χ1v) is 7.51. The molecule has 0 fully saturated rings. The van der Waals surface area contributed by atoms with Crippen molar-refractivity contribution in [2.45, 2.75) is 19.3 Å². The molecule has 0 heterocycles. The zero-order chi connectivity index (χ0) is 17.8. The number of carboxylic acids is 1. The van der Waals surface area contributed by atoms with Gasteiger partial charge in [0.15, 0.2) is 11.6 Å². The number of hydrogen-bond donors (Lipinski definition) is 2. The van der Waals surface area contributed by atoms with Gasteiger partial charge in [0, 0.05) is 6.61 Å². The van der Waals surface area contributed by atoms with E-state index in [9.17, 15) is 13.6 Å². The number of hydrogen-bond acceptors (Lipinski definition) is 3. The van der Waals surface area contributed by atoms with Crippen molar-refractivity contribution in [3.8, 4) is 5.75 Å². The van der Waals surface area contributed by atoms with Crippen LogP contribution in [0.15, 0.2) is 48.5 Å². The molecule has 0 bridgehead atoms. The molecular formula is C18H20F2O4. The van der Waals surface area contributed by atoms with Crippen molar-refractivity contribution in [1.29, 1.82) is 0 Å². The minimum absolute atomic E-state index is 0.0278. The zero-order valence-corrected chi connectivity index (χ0v) is 13.1. The Bertz CT molecular complexity index is 632. The van der Waals surface area contributed by atoms with Gasteiger partial charge < -0.3 is 14.9 Å². The van der Waals surface area contributed by atoms with Crippen molar-refractivity contribution < 1.29 is 28.5 Å². The van der Waals surface area contributed by atoms with Crippen molar-refractivity contribution in [3.05, 3.63) is 65.7 Å². The summed E-state index contributed by atoms with van der Waals surface area (Å²) in [5, 5.41) is 16.9. The molecule has 0 saturated heterocycles. The van der Waals surface area contributed by atoms with E-state index in [0.717, 1.165) is 25.3 Å². The highest BCUT2D eigenvalue weighted by atomic mass is 19.1. The minimum Gasteiger partial charge on any atom is -0.491 e. The summed E-state index contributed by atoms with van der Waals surface area (Å²) in [4.78, 5) is 10.2. The van der Waals surface area contributed by atoms with E-state index in [1.165, 1.54) is 24.3 Å². The molecule has 0 spiro atoms. The maximum Gasteiger partial charge on any atom is 0.335 e. The molecule has 6 heteroatoms. The lowest BCUT2D eigenvalue weighted by Gasteiger charge is -2.05. The van der Waals surface area contributed by atoms with Crippen LogP contribution in [0.3, 0.4) is 0 Å². The van der Waals surface area contributed by atoms with Crippen molar-refractivity contribution in [3.63, 3.8) is 0 Å². The molecule has 2 N–H and O–H groups in total. The number of carboxylic acid groups (broad SMARTS) is 1. The maximum atomic E-state index is 13.0. The summed E-state index contributed by atoms with van der Waals surface area (Å²) < 4.78 is 30.5. The van der Waals surface area contributed by atoms with E-state index < -0.39 is 11.8 Å². The topological polar surface area (TPSA) is 66.8 Å². The second-order valence-corrected chi connectivity index (χ2v) is 4.88. The summed E-state index contributed by atoms with van der Waals surface area (Å²) in [5.74, 6) is -1.66. The molecule has 0 saturated carbocycles. The van der Waals surface area contributed by atoms with E-state index >= 15 is 0 Å². The lowest BCUT2D eigenvalue weighted by atomic mass is 10.2. The largest absolute Gasteiger partial charge is 0.491 e. The first-order valence-electron chi connectivity index (χ1n) is 7.51. The predicted molar refractivity (Wildman–Crippen MR) is 86.2 cm³/mol. The minimum atomic E-state index is -1.11. The van der Waals surface area contributed by atoms with Crippen LogP contribution >= 0.6 is 0 Å². The molecule has 0 aromatic heterocycles. The smallest absolute Gasteiger partial charge is 0.335 e. The summed E-state index contributed by atoms with van der Waals surface area (Å²) in [5.41, 5.74) is -0.0278. The Morgan fingerprint density at radius 3 is 2.33 bits per heavy atom. The van der Waals surface area contributed by atoms with E-state index in [0.29, 0.717) is 12.4 Å². The van der Waals surface area contributed by atoms with Gasteiger partial charge in [0.2, 0.25) is 0 Å². The zero-order valence-electron chi connectivity index (χ0n) is 13.1. The van der Waals surface area contributed by atoms with E-state index in [4.69, 9.17) is 14.9 Å². The predicted octanol–water partition coefficient (Wildman–Crippen LogP) is 3.89. The van der Waals surface area contributed by atoms with Gasteiger partial charge in [-0.25, -0.2) is 13.6 Å². The van der Waals surface area contributed by atoms with Crippen LogP contribution in [0.4, 0.5) is 8.78 Å². The highest BCUT2D eigenvalue weighted by molar-refractivity contribution is 5.87. The molecule has 0 amide bonds. The number of ether oxygens (including phenoxy) is 1. The van der Waals surface area contributed by atoms with Gasteiger partial charge in [-0.05, 0) is 49.6 Å². The van der Waals surface area contributed by atoms with Crippen LogP contribution in [0.2, 0.25) is 0 Å². The van der Waals surface area contributed by atoms with E-state index in [1.54, 1.807) is 18.2 Å². The fraction of sp³-hybridized carbons (Fsp3) is 0.278. The quantitative estimate of drug-likeness (QED) is 0.752. The monoisotopic (exact) mass is 338 g/mol. The van der Waals surface area contributed by atoms with Gasteiger partial charge in [-0.15, -0.1) is 0 Å². The van der Waals surface area contributed by atoms with Crippen LogP contribution in [0.1, 0.15) is 29.6 Å². The summed E-state index contributed by atoms with van der Waals surface area (Å²) in [6.45, 7) is 0.709. The molecule has 2 aromatic rings. The molecule has 4 nitrogen and oxygen atoms in total. The molecule has 130 valence electrons. The molecule has 0 aliphatic heterocycles. The number of unbranched alkanes of at least 4 members (excludes halogenated alkanes) is 2.